The molecule has 222 valence electrons. The van der Waals surface area contributed by atoms with Crippen molar-refractivity contribution in [3.8, 4) is 0 Å². The van der Waals surface area contributed by atoms with Crippen LogP contribution in [0.15, 0.2) is 85.5 Å². The van der Waals surface area contributed by atoms with Crippen molar-refractivity contribution in [2.75, 3.05) is 0 Å². The van der Waals surface area contributed by atoms with E-state index in [0.29, 0.717) is 0 Å². The zero-order chi connectivity index (χ0) is 27.3. The Kier molecular flexibility index (Phi) is 12.1. The SMILES string of the molecule is C[n+]1ccc2c3ccccc3n(CCCCCCCCCCCCn3c4ccccc4c4cc[n+](C)cc43)c2c1.[I-].[I-]. The Balaban J connectivity index is 0.00000202. The van der Waals surface area contributed by atoms with Crippen LogP contribution in [0.4, 0.5) is 0 Å². The monoisotopic (exact) mass is 786 g/mol. The summed E-state index contributed by atoms with van der Waals surface area (Å²) in [5, 5.41) is 5.50. The summed E-state index contributed by atoms with van der Waals surface area (Å²) in [6.45, 7) is 2.22. The van der Waals surface area contributed by atoms with Gasteiger partial charge in [-0.05, 0) is 25.0 Å². The van der Waals surface area contributed by atoms with Crippen LogP contribution in [0.25, 0.3) is 43.6 Å². The number of halogens is 2. The lowest BCUT2D eigenvalue weighted by molar-refractivity contribution is -0.670. The molecule has 0 saturated heterocycles. The lowest BCUT2D eigenvalue weighted by Crippen LogP contribution is -3.00. The minimum absolute atomic E-state index is 0. The van der Waals surface area contributed by atoms with Crippen LogP contribution in [-0.4, -0.2) is 9.13 Å². The van der Waals surface area contributed by atoms with E-state index in [0.717, 1.165) is 13.1 Å². The van der Waals surface area contributed by atoms with Crippen LogP contribution in [-0.2, 0) is 27.2 Å². The number of nitrogens with zero attached hydrogens (tertiary/aromatic N) is 4. The van der Waals surface area contributed by atoms with Gasteiger partial charge in [-0.25, -0.2) is 9.13 Å². The van der Waals surface area contributed by atoms with Gasteiger partial charge in [-0.3, -0.25) is 0 Å². The highest BCUT2D eigenvalue weighted by Crippen LogP contribution is 2.29. The van der Waals surface area contributed by atoms with E-state index >= 15 is 0 Å². The van der Waals surface area contributed by atoms with Crippen molar-refractivity contribution in [1.29, 1.82) is 0 Å². The molecular formula is C36H44I2N4. The van der Waals surface area contributed by atoms with Gasteiger partial charge >= 0.3 is 0 Å². The van der Waals surface area contributed by atoms with Gasteiger partial charge in [0.15, 0.2) is 24.8 Å². The van der Waals surface area contributed by atoms with Crippen LogP contribution in [0, 0.1) is 0 Å². The summed E-state index contributed by atoms with van der Waals surface area (Å²) in [4.78, 5) is 0. The topological polar surface area (TPSA) is 17.6 Å². The van der Waals surface area contributed by atoms with Crippen molar-refractivity contribution in [3.63, 3.8) is 0 Å². The van der Waals surface area contributed by atoms with E-state index in [4.69, 9.17) is 0 Å². The van der Waals surface area contributed by atoms with Crippen molar-refractivity contribution in [3.05, 3.63) is 85.5 Å². The molecule has 0 aliphatic rings. The second kappa shape index (κ2) is 15.5. The van der Waals surface area contributed by atoms with Crippen molar-refractivity contribution in [1.82, 2.24) is 9.13 Å². The number of aromatic nitrogens is 4. The first-order chi connectivity index (χ1) is 19.7. The molecule has 4 nitrogen and oxygen atoms in total. The van der Waals surface area contributed by atoms with Gasteiger partial charge in [0.1, 0.15) is 25.1 Å². The fourth-order valence-corrected chi connectivity index (χ4v) is 6.62. The normalized spacial score (nSPS) is 11.4. The molecule has 42 heavy (non-hydrogen) atoms. The molecule has 0 atom stereocenters. The summed E-state index contributed by atoms with van der Waals surface area (Å²) < 4.78 is 9.40. The Labute approximate surface area is 284 Å². The molecule has 0 saturated carbocycles. The van der Waals surface area contributed by atoms with Crippen molar-refractivity contribution in [2.45, 2.75) is 77.3 Å². The minimum Gasteiger partial charge on any atom is -1.00 e. The molecule has 0 spiro atoms. The van der Waals surface area contributed by atoms with E-state index in [1.807, 2.05) is 0 Å². The molecule has 0 aliphatic heterocycles. The van der Waals surface area contributed by atoms with Gasteiger partial charge in [-0.1, -0.05) is 87.8 Å². The number of aryl methyl sites for hydroxylation is 4. The quantitative estimate of drug-likeness (QED) is 0.0973. The van der Waals surface area contributed by atoms with Gasteiger partial charge in [0.2, 0.25) is 0 Å². The first kappa shape index (κ1) is 32.7. The van der Waals surface area contributed by atoms with Gasteiger partial charge in [0.05, 0.1) is 0 Å². The lowest BCUT2D eigenvalue weighted by Gasteiger charge is -2.08. The fourth-order valence-electron chi connectivity index (χ4n) is 6.62. The molecule has 0 radical (unpaired) electrons. The highest BCUT2D eigenvalue weighted by molar-refractivity contribution is 6.08. The summed E-state index contributed by atoms with van der Waals surface area (Å²) in [5.74, 6) is 0. The number of unbranched alkanes of at least 4 members (excludes halogenated alkanes) is 9. The van der Waals surface area contributed by atoms with Gasteiger partial charge in [-0.2, -0.15) is 0 Å². The van der Waals surface area contributed by atoms with E-state index in [1.165, 1.54) is 108 Å². The Morgan fingerprint density at radius 1 is 0.429 bits per heavy atom. The number of para-hydroxylation sites is 2. The number of hydrogen-bond donors (Lipinski definition) is 0. The molecular weight excluding hydrogens is 742 g/mol. The first-order valence-electron chi connectivity index (χ1n) is 15.4. The maximum atomic E-state index is 2.53. The number of fused-ring (bicyclic) bond motifs is 6. The second-order valence-corrected chi connectivity index (χ2v) is 11.7. The second-order valence-electron chi connectivity index (χ2n) is 11.7. The maximum Gasteiger partial charge on any atom is 0.193 e. The van der Waals surface area contributed by atoms with Crippen molar-refractivity contribution < 1.29 is 57.1 Å². The average Bonchev–Trinajstić information content (AvgIpc) is 3.45. The number of hydrogen-bond acceptors (Lipinski definition) is 0. The highest BCUT2D eigenvalue weighted by Gasteiger charge is 2.14. The van der Waals surface area contributed by atoms with E-state index < -0.39 is 0 Å². The molecule has 4 heterocycles. The van der Waals surface area contributed by atoms with Crippen LogP contribution in [0.2, 0.25) is 0 Å². The van der Waals surface area contributed by atoms with Crippen LogP contribution < -0.4 is 57.1 Å². The van der Waals surface area contributed by atoms with Crippen LogP contribution in [0.1, 0.15) is 64.2 Å². The molecule has 2 aromatic carbocycles. The van der Waals surface area contributed by atoms with Crippen LogP contribution in [0.5, 0.6) is 0 Å². The minimum atomic E-state index is 0. The van der Waals surface area contributed by atoms with Crippen molar-refractivity contribution in [2.24, 2.45) is 14.1 Å². The smallest absolute Gasteiger partial charge is 0.193 e. The van der Waals surface area contributed by atoms with Gasteiger partial charge in [0.25, 0.3) is 0 Å². The van der Waals surface area contributed by atoms with Gasteiger partial charge in [-0.15, -0.1) is 0 Å². The van der Waals surface area contributed by atoms with Gasteiger partial charge in [0, 0.05) is 57.8 Å². The molecule has 6 heteroatoms. The zero-order valence-electron chi connectivity index (χ0n) is 25.1. The highest BCUT2D eigenvalue weighted by atomic mass is 127. The van der Waals surface area contributed by atoms with Gasteiger partial charge < -0.3 is 57.1 Å². The van der Waals surface area contributed by atoms with Crippen molar-refractivity contribution >= 4 is 43.6 Å². The molecule has 0 aliphatic carbocycles. The summed E-state index contributed by atoms with van der Waals surface area (Å²) in [5.41, 5.74) is 5.46. The summed E-state index contributed by atoms with van der Waals surface area (Å²) >= 11 is 0. The number of pyridine rings is 2. The largest absolute Gasteiger partial charge is 1.00 e. The number of rotatable bonds is 13. The van der Waals surface area contributed by atoms with E-state index in [1.54, 1.807) is 0 Å². The third-order valence-electron chi connectivity index (χ3n) is 8.72. The Hall–Kier alpha value is -2.20. The number of benzene rings is 2. The average molecular weight is 787 g/mol. The predicted octanol–water partition coefficient (Wildman–Crippen LogP) is 2.16. The molecule has 0 unspecified atom stereocenters. The molecule has 0 fully saturated rings. The third kappa shape index (κ3) is 7.12. The molecule has 0 bridgehead atoms. The first-order valence-corrected chi connectivity index (χ1v) is 15.4. The van der Waals surface area contributed by atoms with Crippen LogP contribution >= 0.6 is 0 Å². The Morgan fingerprint density at radius 3 is 1.17 bits per heavy atom. The van der Waals surface area contributed by atoms with Crippen LogP contribution in [0.3, 0.4) is 0 Å². The molecule has 0 amide bonds. The van der Waals surface area contributed by atoms with E-state index in [9.17, 15) is 0 Å². The van der Waals surface area contributed by atoms with E-state index in [-0.39, 0.29) is 48.0 Å². The standard InChI is InChI=1S/C36H44N4.2HI/c1-37-25-21-31-29-17-11-13-19-33(29)39(35(31)27-37)23-15-9-7-5-3-4-6-8-10-16-24-40-34-20-14-12-18-30(34)32-22-26-38(2)28-36(32)40;;/h11-14,17-22,25-28H,3-10,15-16,23-24H2,1-2H3;2*1H/q+2;;/p-2. The molecule has 6 rings (SSSR count). The fraction of sp³-hybridized carbons (Fsp3) is 0.389. The molecule has 0 N–H and O–H groups in total. The summed E-state index contributed by atoms with van der Waals surface area (Å²) in [6.07, 6.45) is 22.3. The Bertz CT molecular complexity index is 1620. The zero-order valence-corrected chi connectivity index (χ0v) is 29.4. The Morgan fingerprint density at radius 2 is 0.762 bits per heavy atom. The lowest BCUT2D eigenvalue weighted by atomic mass is 10.1. The third-order valence-corrected chi connectivity index (χ3v) is 8.72. The van der Waals surface area contributed by atoms with E-state index in [2.05, 4.69) is 118 Å². The molecule has 6 aromatic rings. The predicted molar refractivity (Wildman–Crippen MR) is 167 cm³/mol. The summed E-state index contributed by atoms with van der Waals surface area (Å²) in [7, 11) is 4.24. The molecule has 4 aromatic heterocycles. The summed E-state index contributed by atoms with van der Waals surface area (Å²) in [6, 6.07) is 22.3. The maximum absolute atomic E-state index is 2.53.